The number of rotatable bonds is 5. The molecule has 0 amide bonds. The van der Waals surface area contributed by atoms with Crippen LogP contribution in [0.1, 0.15) is 11.1 Å². The summed E-state index contributed by atoms with van der Waals surface area (Å²) in [4.78, 5) is 21.9. The molecular weight excluding hydrogens is 488 g/mol. The number of benzene rings is 2. The molecule has 3 heterocycles. The Labute approximate surface area is 205 Å². The van der Waals surface area contributed by atoms with Gasteiger partial charge in [-0.15, -0.1) is 11.3 Å². The maximum Gasteiger partial charge on any atom is 0.267 e. The first-order chi connectivity index (χ1) is 16.9. The molecule has 2 aromatic heterocycles. The van der Waals surface area contributed by atoms with Gasteiger partial charge in [-0.1, -0.05) is 24.3 Å². The molecule has 0 bridgehead atoms. The van der Waals surface area contributed by atoms with Gasteiger partial charge in [-0.2, -0.15) is 4.31 Å². The molecule has 180 valence electrons. The van der Waals surface area contributed by atoms with Gasteiger partial charge in [0.2, 0.25) is 15.9 Å². The van der Waals surface area contributed by atoms with Crippen molar-refractivity contribution in [1.29, 1.82) is 0 Å². The van der Waals surface area contributed by atoms with Gasteiger partial charge in [0.25, 0.3) is 5.56 Å². The average Bonchev–Trinajstić information content (AvgIpc) is 3.40. The Morgan fingerprint density at radius 1 is 1.14 bits per heavy atom. The van der Waals surface area contributed by atoms with Gasteiger partial charge in [-0.25, -0.2) is 18.0 Å². The molecule has 2 aromatic carbocycles. The fourth-order valence-corrected chi connectivity index (χ4v) is 6.30. The Bertz CT molecular complexity index is 1590. The molecular formula is C24H22N4O5S2. The quantitative estimate of drug-likeness (QED) is 0.413. The normalized spacial score (nSPS) is 15.2. The van der Waals surface area contributed by atoms with E-state index in [2.05, 4.69) is 9.98 Å². The van der Waals surface area contributed by atoms with E-state index in [1.807, 2.05) is 0 Å². The van der Waals surface area contributed by atoms with Crippen LogP contribution >= 0.6 is 11.3 Å². The number of nitrogens with zero attached hydrogens (tertiary/aromatic N) is 4. The number of aromatic nitrogens is 2. The highest BCUT2D eigenvalue weighted by molar-refractivity contribution is 7.89. The molecule has 0 saturated carbocycles. The summed E-state index contributed by atoms with van der Waals surface area (Å²) in [6, 6.07) is 11.9. The zero-order chi connectivity index (χ0) is 24.6. The minimum atomic E-state index is -3.71. The van der Waals surface area contributed by atoms with E-state index in [-0.39, 0.29) is 16.3 Å². The number of sulfonamides is 1. The number of aromatic hydroxyl groups is 1. The van der Waals surface area contributed by atoms with Crippen molar-refractivity contribution in [3.05, 3.63) is 75.5 Å². The first-order valence-corrected chi connectivity index (χ1v) is 13.2. The lowest BCUT2D eigenvalue weighted by molar-refractivity contribution is 0.0730. The minimum absolute atomic E-state index is 0.177. The van der Waals surface area contributed by atoms with Crippen LogP contribution in [-0.2, 0) is 14.8 Å². The minimum Gasteiger partial charge on any atom is -0.494 e. The zero-order valence-electron chi connectivity index (χ0n) is 18.8. The summed E-state index contributed by atoms with van der Waals surface area (Å²) in [6.07, 6.45) is 2.99. The van der Waals surface area contributed by atoms with E-state index in [0.29, 0.717) is 59.0 Å². The number of aryl methyl sites for hydroxylation is 1. The number of ether oxygens (including phenoxy) is 1. The predicted octanol–water partition coefficient (Wildman–Crippen LogP) is 3.23. The number of pyridine rings is 1. The predicted molar refractivity (Wildman–Crippen MR) is 135 cm³/mol. The Morgan fingerprint density at radius 2 is 1.89 bits per heavy atom. The summed E-state index contributed by atoms with van der Waals surface area (Å²) in [6.45, 7) is 3.06. The summed E-state index contributed by atoms with van der Waals surface area (Å²) < 4.78 is 34.3. The van der Waals surface area contributed by atoms with Crippen LogP contribution in [0.15, 0.2) is 68.7 Å². The van der Waals surface area contributed by atoms with Gasteiger partial charge < -0.3 is 9.84 Å². The van der Waals surface area contributed by atoms with Gasteiger partial charge in [-0.05, 0) is 30.7 Å². The van der Waals surface area contributed by atoms with E-state index in [0.717, 1.165) is 4.57 Å². The number of hydrogen-bond acceptors (Lipinski definition) is 8. The van der Waals surface area contributed by atoms with Gasteiger partial charge in [-0.3, -0.25) is 9.79 Å². The topological polar surface area (TPSA) is 114 Å². The molecule has 1 fully saturated rings. The number of fused-ring (bicyclic) bond motifs is 1. The molecule has 1 saturated heterocycles. The number of aliphatic imine (C=N–C) groups is 1. The summed E-state index contributed by atoms with van der Waals surface area (Å²) in [5, 5.41) is 14.0. The van der Waals surface area contributed by atoms with Gasteiger partial charge >= 0.3 is 0 Å². The largest absolute Gasteiger partial charge is 0.494 e. The van der Waals surface area contributed by atoms with Crippen LogP contribution in [0.3, 0.4) is 0 Å². The zero-order valence-corrected chi connectivity index (χ0v) is 20.4. The van der Waals surface area contributed by atoms with Crippen LogP contribution < -0.4 is 5.56 Å². The molecule has 1 aliphatic heterocycles. The summed E-state index contributed by atoms with van der Waals surface area (Å²) >= 11 is 1.22. The standard InChI is InChI=1S/C24H22N4O5S2/c1-16-6-7-17(14-21(16)35(31,32)27-9-11-33-12-10-27)26-15-20-18-4-2-3-5-19(18)22(29)28(23(20)30)24-25-8-13-34-24/h2-8,13-15,30H,9-12H2,1H3. The summed E-state index contributed by atoms with van der Waals surface area (Å²) in [5.74, 6) is -0.291. The molecule has 0 spiro atoms. The lowest BCUT2D eigenvalue weighted by atomic mass is 10.1. The fourth-order valence-electron chi connectivity index (χ4n) is 4.01. The van der Waals surface area contributed by atoms with Crippen molar-refractivity contribution in [2.24, 2.45) is 4.99 Å². The van der Waals surface area contributed by atoms with E-state index in [1.165, 1.54) is 27.9 Å². The van der Waals surface area contributed by atoms with Crippen molar-refractivity contribution >= 4 is 44.0 Å². The molecule has 0 radical (unpaired) electrons. The number of hydrogen-bond donors (Lipinski definition) is 1. The highest BCUT2D eigenvalue weighted by atomic mass is 32.2. The maximum atomic E-state index is 13.2. The Hall–Kier alpha value is -3.38. The Morgan fingerprint density at radius 3 is 2.60 bits per heavy atom. The third-order valence-electron chi connectivity index (χ3n) is 5.82. The van der Waals surface area contributed by atoms with Gasteiger partial charge in [0, 0.05) is 41.7 Å². The molecule has 11 heteroatoms. The van der Waals surface area contributed by atoms with Crippen molar-refractivity contribution in [2.75, 3.05) is 26.3 Å². The molecule has 0 unspecified atom stereocenters. The van der Waals surface area contributed by atoms with E-state index in [4.69, 9.17) is 4.74 Å². The van der Waals surface area contributed by atoms with Crippen molar-refractivity contribution in [2.45, 2.75) is 11.8 Å². The highest BCUT2D eigenvalue weighted by Crippen LogP contribution is 2.29. The van der Waals surface area contributed by atoms with Crippen LogP contribution in [0.4, 0.5) is 5.69 Å². The molecule has 1 N–H and O–H groups in total. The number of morpholine rings is 1. The second kappa shape index (κ2) is 9.34. The average molecular weight is 511 g/mol. The first kappa shape index (κ1) is 23.4. The lowest BCUT2D eigenvalue weighted by Gasteiger charge is -2.26. The molecule has 0 atom stereocenters. The van der Waals surface area contributed by atoms with Gasteiger partial charge in [0.1, 0.15) is 0 Å². The highest BCUT2D eigenvalue weighted by Gasteiger charge is 2.28. The van der Waals surface area contributed by atoms with E-state index in [9.17, 15) is 18.3 Å². The van der Waals surface area contributed by atoms with Crippen LogP contribution in [0.25, 0.3) is 15.9 Å². The van der Waals surface area contributed by atoms with Crippen molar-refractivity contribution < 1.29 is 18.3 Å². The van der Waals surface area contributed by atoms with E-state index >= 15 is 0 Å². The maximum absolute atomic E-state index is 13.2. The third kappa shape index (κ3) is 4.27. The Kier molecular flexibility index (Phi) is 6.24. The van der Waals surface area contributed by atoms with Crippen LogP contribution in [0.2, 0.25) is 0 Å². The fraction of sp³-hybridized carbons (Fsp3) is 0.208. The second-order valence-corrected chi connectivity index (χ2v) is 10.7. The molecule has 9 nitrogen and oxygen atoms in total. The molecule has 35 heavy (non-hydrogen) atoms. The lowest BCUT2D eigenvalue weighted by Crippen LogP contribution is -2.40. The summed E-state index contributed by atoms with van der Waals surface area (Å²) in [5.41, 5.74) is 0.951. The van der Waals surface area contributed by atoms with Crippen molar-refractivity contribution in [3.8, 4) is 11.0 Å². The Balaban J connectivity index is 1.61. The van der Waals surface area contributed by atoms with Crippen molar-refractivity contribution in [1.82, 2.24) is 13.9 Å². The molecule has 4 aromatic rings. The molecule has 5 rings (SSSR count). The van der Waals surface area contributed by atoms with Gasteiger partial charge in [0.15, 0.2) is 5.13 Å². The SMILES string of the molecule is Cc1ccc(N=Cc2c(O)n(-c3nccs3)c(=O)c3ccccc23)cc1S(=O)(=O)N1CCOCC1. The first-order valence-electron chi connectivity index (χ1n) is 10.9. The van der Waals surface area contributed by atoms with Crippen LogP contribution in [-0.4, -0.2) is 59.9 Å². The van der Waals surface area contributed by atoms with Crippen molar-refractivity contribution in [3.63, 3.8) is 0 Å². The van der Waals surface area contributed by atoms with E-state index in [1.54, 1.807) is 54.9 Å². The summed E-state index contributed by atoms with van der Waals surface area (Å²) in [7, 11) is -3.71. The van der Waals surface area contributed by atoms with Crippen LogP contribution in [0.5, 0.6) is 5.88 Å². The molecule has 0 aliphatic carbocycles. The number of thiazole rings is 1. The third-order valence-corrected chi connectivity index (χ3v) is 8.61. The smallest absolute Gasteiger partial charge is 0.267 e. The van der Waals surface area contributed by atoms with Crippen LogP contribution in [0, 0.1) is 6.92 Å². The second-order valence-electron chi connectivity index (χ2n) is 7.96. The van der Waals surface area contributed by atoms with E-state index < -0.39 is 10.0 Å². The monoisotopic (exact) mass is 510 g/mol. The van der Waals surface area contributed by atoms with Gasteiger partial charge in [0.05, 0.1) is 29.4 Å². The molecule has 1 aliphatic rings.